The average Bonchev–Trinajstić information content (AvgIpc) is 2.73. The Labute approximate surface area is 164 Å². The number of halogens is 1. The maximum Gasteiger partial charge on any atom is 0.253 e. The molecular formula is C22H22FN3O2. The Bertz CT molecular complexity index is 897. The molecule has 6 heteroatoms. The second kappa shape index (κ2) is 8.66. The minimum absolute atomic E-state index is 0.0521. The van der Waals surface area contributed by atoms with Crippen molar-refractivity contribution in [2.75, 3.05) is 20.1 Å². The molecule has 28 heavy (non-hydrogen) atoms. The van der Waals surface area contributed by atoms with Gasteiger partial charge in [-0.25, -0.2) is 4.39 Å². The third-order valence-electron chi connectivity index (χ3n) is 5.07. The first-order valence-electron chi connectivity index (χ1n) is 9.27. The molecule has 0 spiro atoms. The summed E-state index contributed by atoms with van der Waals surface area (Å²) in [5.41, 5.74) is 1.95. The number of hydrogen-bond acceptors (Lipinski definition) is 3. The summed E-state index contributed by atoms with van der Waals surface area (Å²) in [4.78, 5) is 28.7. The smallest absolute Gasteiger partial charge is 0.253 e. The van der Waals surface area contributed by atoms with Crippen molar-refractivity contribution in [1.82, 2.24) is 9.80 Å². The third-order valence-corrected chi connectivity index (χ3v) is 5.07. The maximum atomic E-state index is 13.0. The molecule has 1 fully saturated rings. The van der Waals surface area contributed by atoms with Crippen LogP contribution in [0.1, 0.15) is 34.3 Å². The minimum atomic E-state index is -0.371. The number of rotatable bonds is 4. The highest BCUT2D eigenvalue weighted by Gasteiger charge is 2.29. The second-order valence-corrected chi connectivity index (χ2v) is 7.08. The van der Waals surface area contributed by atoms with Crippen molar-refractivity contribution in [3.8, 4) is 6.07 Å². The van der Waals surface area contributed by atoms with E-state index in [1.807, 2.05) is 12.1 Å². The fourth-order valence-electron chi connectivity index (χ4n) is 3.51. The SMILES string of the molecule is CN(Cc1cccc(C#N)c1)C(=O)C1CCN(C(=O)c2ccc(F)cc2)CC1. The maximum absolute atomic E-state index is 13.0. The van der Waals surface area contributed by atoms with Crippen molar-refractivity contribution in [1.29, 1.82) is 5.26 Å². The summed E-state index contributed by atoms with van der Waals surface area (Å²) in [6, 6.07) is 14.9. The molecule has 0 bridgehead atoms. The zero-order chi connectivity index (χ0) is 20.1. The van der Waals surface area contributed by atoms with Gasteiger partial charge in [0.25, 0.3) is 5.91 Å². The molecule has 2 amide bonds. The predicted molar refractivity (Wildman–Crippen MR) is 103 cm³/mol. The minimum Gasteiger partial charge on any atom is -0.341 e. The van der Waals surface area contributed by atoms with E-state index in [9.17, 15) is 14.0 Å². The van der Waals surface area contributed by atoms with Crippen LogP contribution in [0.15, 0.2) is 48.5 Å². The molecule has 0 atom stereocenters. The number of nitrogens with zero attached hydrogens (tertiary/aromatic N) is 3. The lowest BCUT2D eigenvalue weighted by molar-refractivity contribution is -0.136. The number of amides is 2. The van der Waals surface area contributed by atoms with Crippen molar-refractivity contribution in [3.63, 3.8) is 0 Å². The highest BCUT2D eigenvalue weighted by molar-refractivity contribution is 5.94. The van der Waals surface area contributed by atoms with E-state index < -0.39 is 0 Å². The molecule has 1 saturated heterocycles. The molecule has 0 aliphatic carbocycles. The van der Waals surface area contributed by atoms with E-state index in [0.29, 0.717) is 43.6 Å². The Morgan fingerprint density at radius 1 is 1.18 bits per heavy atom. The molecule has 0 unspecified atom stereocenters. The lowest BCUT2D eigenvalue weighted by Crippen LogP contribution is -2.43. The fourth-order valence-corrected chi connectivity index (χ4v) is 3.51. The summed E-state index contributed by atoms with van der Waals surface area (Å²) in [6.07, 6.45) is 1.21. The lowest BCUT2D eigenvalue weighted by Gasteiger charge is -2.33. The van der Waals surface area contributed by atoms with E-state index in [2.05, 4.69) is 6.07 Å². The zero-order valence-corrected chi connectivity index (χ0v) is 15.8. The normalized spacial score (nSPS) is 14.4. The van der Waals surface area contributed by atoms with Crippen molar-refractivity contribution in [3.05, 3.63) is 71.0 Å². The molecule has 144 valence electrons. The van der Waals surface area contributed by atoms with E-state index in [1.54, 1.807) is 29.0 Å². The third kappa shape index (κ3) is 4.55. The van der Waals surface area contributed by atoms with Crippen molar-refractivity contribution >= 4 is 11.8 Å². The van der Waals surface area contributed by atoms with Crippen LogP contribution in [0.3, 0.4) is 0 Å². The molecule has 3 rings (SSSR count). The number of piperidine rings is 1. The highest BCUT2D eigenvalue weighted by atomic mass is 19.1. The van der Waals surface area contributed by atoms with Crippen LogP contribution in [-0.4, -0.2) is 41.8 Å². The van der Waals surface area contributed by atoms with E-state index in [-0.39, 0.29) is 23.5 Å². The quantitative estimate of drug-likeness (QED) is 0.819. The van der Waals surface area contributed by atoms with E-state index in [0.717, 1.165) is 5.56 Å². The van der Waals surface area contributed by atoms with Crippen LogP contribution in [0.4, 0.5) is 4.39 Å². The van der Waals surface area contributed by atoms with Crippen LogP contribution in [0, 0.1) is 23.1 Å². The molecule has 1 aliphatic rings. The molecular weight excluding hydrogens is 357 g/mol. The average molecular weight is 379 g/mol. The standard InChI is InChI=1S/C22H22FN3O2/c1-25(15-17-4-2-3-16(13-17)14-24)21(27)19-9-11-26(12-10-19)22(28)18-5-7-20(23)8-6-18/h2-8,13,19H,9-12,15H2,1H3. The molecule has 0 radical (unpaired) electrons. The predicted octanol–water partition coefficient (Wildman–Crippen LogP) is 3.21. The van der Waals surface area contributed by atoms with Gasteiger partial charge < -0.3 is 9.80 Å². The summed E-state index contributed by atoms with van der Waals surface area (Å²) in [5, 5.41) is 8.99. The second-order valence-electron chi connectivity index (χ2n) is 7.08. The van der Waals surface area contributed by atoms with Gasteiger partial charge in [0.1, 0.15) is 5.82 Å². The summed E-state index contributed by atoms with van der Waals surface area (Å²) in [7, 11) is 1.76. The summed E-state index contributed by atoms with van der Waals surface area (Å²) >= 11 is 0. The van der Waals surface area contributed by atoms with Crippen LogP contribution in [-0.2, 0) is 11.3 Å². The Hall–Kier alpha value is -3.20. The molecule has 0 aromatic heterocycles. The van der Waals surface area contributed by atoms with Crippen LogP contribution in [0.5, 0.6) is 0 Å². The fraction of sp³-hybridized carbons (Fsp3) is 0.318. The van der Waals surface area contributed by atoms with Crippen molar-refractivity contribution < 1.29 is 14.0 Å². The van der Waals surface area contributed by atoms with Gasteiger partial charge >= 0.3 is 0 Å². The van der Waals surface area contributed by atoms with Gasteiger partial charge in [-0.15, -0.1) is 0 Å². The lowest BCUT2D eigenvalue weighted by atomic mass is 9.94. The number of carbonyl (C=O) groups excluding carboxylic acids is 2. The number of carbonyl (C=O) groups is 2. The van der Waals surface area contributed by atoms with Gasteiger partial charge in [-0.2, -0.15) is 5.26 Å². The Kier molecular flexibility index (Phi) is 6.05. The first-order valence-corrected chi connectivity index (χ1v) is 9.27. The van der Waals surface area contributed by atoms with Gasteiger partial charge in [-0.05, 0) is 54.8 Å². The highest BCUT2D eigenvalue weighted by Crippen LogP contribution is 2.22. The van der Waals surface area contributed by atoms with Gasteiger partial charge in [0.2, 0.25) is 5.91 Å². The molecule has 1 aliphatic heterocycles. The molecule has 1 heterocycles. The number of hydrogen-bond donors (Lipinski definition) is 0. The zero-order valence-electron chi connectivity index (χ0n) is 15.8. The first kappa shape index (κ1) is 19.6. The summed E-state index contributed by atoms with van der Waals surface area (Å²) < 4.78 is 13.0. The number of likely N-dealkylation sites (tertiary alicyclic amines) is 1. The van der Waals surface area contributed by atoms with Crippen LogP contribution >= 0.6 is 0 Å². The van der Waals surface area contributed by atoms with Gasteiger partial charge in [0, 0.05) is 38.2 Å². The van der Waals surface area contributed by atoms with Gasteiger partial charge in [-0.3, -0.25) is 9.59 Å². The van der Waals surface area contributed by atoms with E-state index in [1.165, 1.54) is 24.3 Å². The topological polar surface area (TPSA) is 64.4 Å². The van der Waals surface area contributed by atoms with E-state index in [4.69, 9.17) is 5.26 Å². The first-order chi connectivity index (χ1) is 13.5. The van der Waals surface area contributed by atoms with Gasteiger partial charge in [0.15, 0.2) is 0 Å². The molecule has 0 saturated carbocycles. The van der Waals surface area contributed by atoms with Crippen molar-refractivity contribution in [2.45, 2.75) is 19.4 Å². The Balaban J connectivity index is 1.55. The monoisotopic (exact) mass is 379 g/mol. The molecule has 2 aromatic rings. The number of benzene rings is 2. The molecule has 0 N–H and O–H groups in total. The van der Waals surface area contributed by atoms with Crippen LogP contribution in [0.2, 0.25) is 0 Å². The number of nitriles is 1. The molecule has 2 aromatic carbocycles. The molecule has 5 nitrogen and oxygen atoms in total. The summed E-state index contributed by atoms with van der Waals surface area (Å²) in [5.74, 6) is -0.575. The van der Waals surface area contributed by atoms with E-state index >= 15 is 0 Å². The van der Waals surface area contributed by atoms with Crippen LogP contribution < -0.4 is 0 Å². The Morgan fingerprint density at radius 2 is 1.86 bits per heavy atom. The Morgan fingerprint density at radius 3 is 2.50 bits per heavy atom. The van der Waals surface area contributed by atoms with Crippen molar-refractivity contribution in [2.24, 2.45) is 5.92 Å². The van der Waals surface area contributed by atoms with Gasteiger partial charge in [0.05, 0.1) is 11.6 Å². The largest absolute Gasteiger partial charge is 0.341 e. The summed E-state index contributed by atoms with van der Waals surface area (Å²) in [6.45, 7) is 1.46. The van der Waals surface area contributed by atoms with Crippen LogP contribution in [0.25, 0.3) is 0 Å². The van der Waals surface area contributed by atoms with Gasteiger partial charge in [-0.1, -0.05) is 12.1 Å².